The Balaban J connectivity index is 1.34. The molecule has 4 aromatic carbocycles. The summed E-state index contributed by atoms with van der Waals surface area (Å²) in [5.41, 5.74) is 4.37. The number of benzene rings is 4. The van der Waals surface area contributed by atoms with Gasteiger partial charge in [-0.1, -0.05) is 73.3 Å². The Hall–Kier alpha value is -6.14. The lowest BCUT2D eigenvalue weighted by atomic mass is 10.1. The highest BCUT2D eigenvalue weighted by Gasteiger charge is 2.23. The van der Waals surface area contributed by atoms with Crippen molar-refractivity contribution in [1.82, 2.24) is 19.5 Å². The first-order valence-corrected chi connectivity index (χ1v) is 16.2. The number of nitrogens with zero attached hydrogens (tertiary/aromatic N) is 6. The molecule has 7 rings (SSSR count). The zero-order chi connectivity index (χ0) is 34.5. The van der Waals surface area contributed by atoms with E-state index in [-0.39, 0.29) is 23.2 Å². The summed E-state index contributed by atoms with van der Waals surface area (Å²) in [7, 11) is 0. The maximum Gasteiger partial charge on any atom is 0.247 e. The second-order valence-corrected chi connectivity index (χ2v) is 11.7. The monoisotopic (exact) mass is 672 g/mol. The van der Waals surface area contributed by atoms with Crippen molar-refractivity contribution in [3.05, 3.63) is 139 Å². The van der Waals surface area contributed by atoms with Crippen molar-refractivity contribution < 1.29 is 18.3 Å². The third kappa shape index (κ3) is 7.15. The molecule has 0 atom stereocenters. The van der Waals surface area contributed by atoms with Crippen LogP contribution in [0.5, 0.6) is 0 Å². The molecule has 2 aromatic heterocycles. The predicted molar refractivity (Wildman–Crippen MR) is 191 cm³/mol. The van der Waals surface area contributed by atoms with Crippen LogP contribution in [0.1, 0.15) is 11.1 Å². The highest BCUT2D eigenvalue weighted by atomic mass is 19.1. The van der Waals surface area contributed by atoms with Crippen molar-refractivity contribution >= 4 is 45.9 Å². The summed E-state index contributed by atoms with van der Waals surface area (Å²) < 4.78 is 38.1. The van der Waals surface area contributed by atoms with Gasteiger partial charge in [-0.15, -0.1) is 0 Å². The van der Waals surface area contributed by atoms with Crippen LogP contribution in [0.15, 0.2) is 116 Å². The van der Waals surface area contributed by atoms with Crippen LogP contribution in [-0.2, 0) is 22.6 Å². The fraction of sp³-hybridized carbons (Fsp3) is 0.158. The summed E-state index contributed by atoms with van der Waals surface area (Å²) in [4.78, 5) is 30.3. The van der Waals surface area contributed by atoms with E-state index in [0.717, 1.165) is 11.1 Å². The molecule has 1 fully saturated rings. The summed E-state index contributed by atoms with van der Waals surface area (Å²) in [6.45, 7) is 6.10. The third-order valence-electron chi connectivity index (χ3n) is 8.29. The Morgan fingerprint density at radius 2 is 1.52 bits per heavy atom. The van der Waals surface area contributed by atoms with Gasteiger partial charge in [0, 0.05) is 37.6 Å². The lowest BCUT2D eigenvalue weighted by Crippen LogP contribution is -2.37. The summed E-state index contributed by atoms with van der Waals surface area (Å²) >= 11 is 0. The van der Waals surface area contributed by atoms with Gasteiger partial charge in [-0.05, 0) is 47.5 Å². The average molecular weight is 673 g/mol. The molecule has 0 radical (unpaired) electrons. The molecule has 12 heteroatoms. The van der Waals surface area contributed by atoms with E-state index >= 15 is 8.78 Å². The highest BCUT2D eigenvalue weighted by Crippen LogP contribution is 2.32. The molecular weight excluding hydrogens is 638 g/mol. The zero-order valence-corrected chi connectivity index (χ0v) is 27.1. The maximum absolute atomic E-state index is 15.5. The number of fused-ring (bicyclic) bond motifs is 1. The van der Waals surface area contributed by atoms with Crippen LogP contribution in [0, 0.1) is 11.6 Å². The van der Waals surface area contributed by atoms with Crippen LogP contribution in [0.3, 0.4) is 0 Å². The molecular formula is C38H34F2N8O2. The number of nitrogens with one attached hydrogen (secondary N) is 2. The third-order valence-corrected chi connectivity index (χ3v) is 8.29. The van der Waals surface area contributed by atoms with E-state index in [0.29, 0.717) is 67.7 Å². The number of imidazole rings is 1. The van der Waals surface area contributed by atoms with Gasteiger partial charge in [0.15, 0.2) is 28.6 Å². The van der Waals surface area contributed by atoms with Crippen LogP contribution in [0.25, 0.3) is 16.9 Å². The van der Waals surface area contributed by atoms with E-state index in [1.54, 1.807) is 34.0 Å². The molecule has 1 aliphatic heterocycles. The molecule has 2 N–H and O–H groups in total. The number of amides is 1. The maximum atomic E-state index is 15.5. The van der Waals surface area contributed by atoms with E-state index in [4.69, 9.17) is 19.7 Å². The number of hydrogen-bond donors (Lipinski definition) is 2. The molecule has 0 aliphatic carbocycles. The number of carbonyl (C=O) groups is 1. The summed E-state index contributed by atoms with van der Waals surface area (Å²) in [5.74, 6) is -1.10. The molecule has 0 saturated carbocycles. The normalized spacial score (nSPS) is 12.9. The molecule has 6 aromatic rings. The number of halogens is 2. The largest absolute Gasteiger partial charge is 0.378 e. The van der Waals surface area contributed by atoms with E-state index in [2.05, 4.69) is 22.1 Å². The lowest BCUT2D eigenvalue weighted by Gasteiger charge is -2.29. The fourth-order valence-corrected chi connectivity index (χ4v) is 5.95. The predicted octanol–water partition coefficient (Wildman–Crippen LogP) is 7.01. The van der Waals surface area contributed by atoms with Crippen molar-refractivity contribution in [2.75, 3.05) is 46.7 Å². The fourth-order valence-electron chi connectivity index (χ4n) is 5.95. The molecule has 0 spiro atoms. The van der Waals surface area contributed by atoms with Gasteiger partial charge in [0.2, 0.25) is 11.9 Å². The average Bonchev–Trinajstić information content (AvgIpc) is 3.56. The van der Waals surface area contributed by atoms with Crippen molar-refractivity contribution in [2.45, 2.75) is 13.1 Å². The number of aromatic nitrogens is 4. The topological polar surface area (TPSA) is 100 Å². The van der Waals surface area contributed by atoms with Gasteiger partial charge in [-0.2, -0.15) is 9.97 Å². The molecule has 0 bridgehead atoms. The molecule has 10 nitrogen and oxygen atoms in total. The molecule has 1 amide bonds. The van der Waals surface area contributed by atoms with Crippen molar-refractivity contribution in [3.8, 4) is 5.69 Å². The Morgan fingerprint density at radius 3 is 2.16 bits per heavy atom. The number of rotatable bonds is 11. The minimum absolute atomic E-state index is 0.0886. The zero-order valence-electron chi connectivity index (χ0n) is 27.1. The van der Waals surface area contributed by atoms with E-state index in [1.165, 1.54) is 18.2 Å². The van der Waals surface area contributed by atoms with Gasteiger partial charge in [0.05, 0.1) is 18.9 Å². The molecule has 252 valence electrons. The number of hydrogen-bond acceptors (Lipinski definition) is 8. The van der Waals surface area contributed by atoms with Gasteiger partial charge < -0.3 is 25.2 Å². The Kier molecular flexibility index (Phi) is 9.43. The van der Waals surface area contributed by atoms with Crippen molar-refractivity contribution in [2.24, 2.45) is 0 Å². The number of anilines is 5. The Morgan fingerprint density at radius 1 is 0.860 bits per heavy atom. The smallest absolute Gasteiger partial charge is 0.247 e. The van der Waals surface area contributed by atoms with Gasteiger partial charge in [0.25, 0.3) is 0 Å². The Labute approximate surface area is 287 Å². The first kappa shape index (κ1) is 32.4. The lowest BCUT2D eigenvalue weighted by molar-refractivity contribution is -0.111. The highest BCUT2D eigenvalue weighted by molar-refractivity contribution is 5.99. The first-order valence-electron chi connectivity index (χ1n) is 16.2. The van der Waals surface area contributed by atoms with Gasteiger partial charge in [-0.3, -0.25) is 9.36 Å². The van der Waals surface area contributed by atoms with Gasteiger partial charge in [-0.25, -0.2) is 13.8 Å². The van der Waals surface area contributed by atoms with Crippen LogP contribution in [0.4, 0.5) is 37.6 Å². The summed E-state index contributed by atoms with van der Waals surface area (Å²) in [5, 5.41) is 5.85. The van der Waals surface area contributed by atoms with Gasteiger partial charge >= 0.3 is 0 Å². The Bertz CT molecular complexity index is 2070. The first-order chi connectivity index (χ1) is 24.4. The minimum atomic E-state index is -0.700. The van der Waals surface area contributed by atoms with Crippen LogP contribution >= 0.6 is 0 Å². The number of morpholine rings is 1. The van der Waals surface area contributed by atoms with Crippen LogP contribution in [-0.4, -0.2) is 51.7 Å². The van der Waals surface area contributed by atoms with Crippen LogP contribution in [0.2, 0.25) is 0 Å². The quantitative estimate of drug-likeness (QED) is 0.142. The van der Waals surface area contributed by atoms with Crippen molar-refractivity contribution in [1.29, 1.82) is 0 Å². The van der Waals surface area contributed by atoms with E-state index < -0.39 is 11.6 Å². The summed E-state index contributed by atoms with van der Waals surface area (Å²) in [6, 6.07) is 29.7. The molecule has 50 heavy (non-hydrogen) atoms. The molecule has 0 unspecified atom stereocenters. The number of carbonyl (C=O) groups excluding carboxylic acids is 1. The number of ether oxygens (including phenoxy) is 1. The van der Waals surface area contributed by atoms with Gasteiger partial charge in [0.1, 0.15) is 12.0 Å². The minimum Gasteiger partial charge on any atom is -0.378 e. The second-order valence-electron chi connectivity index (χ2n) is 11.7. The molecule has 1 saturated heterocycles. The SMILES string of the molecule is C=CC(=O)Nc1cccc(-n2cnc3c(N(Cc4ccccc4)Cc4ccccc4)nc(Nc4cc(F)c(N5CCOCC5)c(F)c4)nc32)c1. The van der Waals surface area contributed by atoms with E-state index in [9.17, 15) is 4.79 Å². The summed E-state index contributed by atoms with van der Waals surface area (Å²) in [6.07, 6.45) is 2.84. The van der Waals surface area contributed by atoms with Crippen molar-refractivity contribution in [3.63, 3.8) is 0 Å². The van der Waals surface area contributed by atoms with E-state index in [1.807, 2.05) is 66.7 Å². The molecule has 3 heterocycles. The molecule has 1 aliphatic rings. The second kappa shape index (κ2) is 14.5. The van der Waals surface area contributed by atoms with Crippen LogP contribution < -0.4 is 20.4 Å². The standard InChI is InChI=1S/C38H34F2N8O2/c1-2-33(49)42-28-14-9-15-30(20-28)48-25-41-34-36(47(23-26-10-5-3-6-11-26)24-27-12-7-4-8-13-27)44-38(45-37(34)48)43-29-21-31(39)35(32(40)22-29)46-16-18-50-19-17-46/h2-15,20-22,25H,1,16-19,23-24H2,(H,42,49)(H,43,44,45).